The molecule has 0 aliphatic carbocycles. The van der Waals surface area contributed by atoms with Gasteiger partial charge in [-0.3, -0.25) is 4.79 Å². The number of nitrogens with zero attached hydrogens (tertiary/aromatic N) is 1. The van der Waals surface area contributed by atoms with E-state index in [-0.39, 0.29) is 11.9 Å². The molecule has 1 unspecified atom stereocenters. The van der Waals surface area contributed by atoms with Crippen LogP contribution in [0.2, 0.25) is 0 Å². The van der Waals surface area contributed by atoms with Crippen molar-refractivity contribution in [2.45, 2.75) is 32.9 Å². The molecule has 0 spiro atoms. The van der Waals surface area contributed by atoms with Gasteiger partial charge in [0.25, 0.3) is 0 Å². The van der Waals surface area contributed by atoms with E-state index in [0.717, 1.165) is 30.8 Å². The number of amides is 1. The summed E-state index contributed by atoms with van der Waals surface area (Å²) in [6.45, 7) is 6.99. The van der Waals surface area contributed by atoms with E-state index in [2.05, 4.69) is 5.32 Å². The number of hydrogen-bond acceptors (Lipinski definition) is 3. The van der Waals surface area contributed by atoms with E-state index in [4.69, 9.17) is 4.74 Å². The maximum Gasteiger partial charge on any atom is 0.240 e. The third-order valence-electron chi connectivity index (χ3n) is 3.33. The van der Waals surface area contributed by atoms with E-state index in [0.29, 0.717) is 13.2 Å². The molecular formula is C15H22N2O2. The molecule has 1 aliphatic rings. The van der Waals surface area contributed by atoms with Gasteiger partial charge in [0.15, 0.2) is 0 Å². The lowest BCUT2D eigenvalue weighted by atomic mass is 10.2. The van der Waals surface area contributed by atoms with Gasteiger partial charge in [-0.05, 0) is 37.6 Å². The van der Waals surface area contributed by atoms with Gasteiger partial charge in [0.1, 0.15) is 5.75 Å². The topological polar surface area (TPSA) is 41.6 Å². The highest BCUT2D eigenvalue weighted by Crippen LogP contribution is 2.18. The average molecular weight is 262 g/mol. The molecule has 4 nitrogen and oxygen atoms in total. The fraction of sp³-hybridized carbons (Fsp3) is 0.533. The first-order valence-electron chi connectivity index (χ1n) is 6.98. The number of rotatable bonds is 6. The van der Waals surface area contributed by atoms with Crippen LogP contribution in [0.15, 0.2) is 24.3 Å². The predicted octanol–water partition coefficient (Wildman–Crippen LogP) is 1.80. The molecule has 0 radical (unpaired) electrons. The Hall–Kier alpha value is -1.55. The van der Waals surface area contributed by atoms with Crippen LogP contribution >= 0.6 is 0 Å². The summed E-state index contributed by atoms with van der Waals surface area (Å²) in [5, 5.41) is 3.23. The fourth-order valence-corrected chi connectivity index (χ4v) is 2.45. The number of hydrogen-bond donors (Lipinski definition) is 1. The number of benzene rings is 1. The molecule has 1 aliphatic heterocycles. The minimum absolute atomic E-state index is 0.0000689. The molecule has 1 atom stereocenters. The van der Waals surface area contributed by atoms with E-state index in [1.807, 2.05) is 43.0 Å². The lowest BCUT2D eigenvalue weighted by Gasteiger charge is -2.17. The molecule has 1 amide bonds. The third kappa shape index (κ3) is 3.47. The second-order valence-corrected chi connectivity index (χ2v) is 4.74. The van der Waals surface area contributed by atoms with Crippen LogP contribution in [0.4, 0.5) is 0 Å². The Labute approximate surface area is 114 Å². The Balaban J connectivity index is 1.98. The Morgan fingerprint density at radius 2 is 2.26 bits per heavy atom. The normalized spacial score (nSPS) is 18.9. The number of likely N-dealkylation sites (tertiary alicyclic amines) is 1. The lowest BCUT2D eigenvalue weighted by molar-refractivity contribution is -0.129. The van der Waals surface area contributed by atoms with E-state index in [1.54, 1.807) is 0 Å². The Morgan fingerprint density at radius 3 is 3.00 bits per heavy atom. The molecule has 2 rings (SSSR count). The first-order chi connectivity index (χ1) is 9.24. The first kappa shape index (κ1) is 13.9. The number of likely N-dealkylation sites (N-methyl/N-ethyl adjacent to an activating group) is 1. The van der Waals surface area contributed by atoms with Crippen LogP contribution in [-0.4, -0.2) is 36.5 Å². The summed E-state index contributed by atoms with van der Waals surface area (Å²) < 4.78 is 5.48. The largest absolute Gasteiger partial charge is 0.494 e. The third-order valence-corrected chi connectivity index (χ3v) is 3.33. The molecule has 1 aromatic carbocycles. The quantitative estimate of drug-likeness (QED) is 0.850. The molecule has 1 saturated heterocycles. The highest BCUT2D eigenvalue weighted by Gasteiger charge is 2.30. The molecule has 19 heavy (non-hydrogen) atoms. The summed E-state index contributed by atoms with van der Waals surface area (Å²) >= 11 is 0. The maximum atomic E-state index is 12.1. The molecule has 1 fully saturated rings. The van der Waals surface area contributed by atoms with Gasteiger partial charge in [-0.15, -0.1) is 0 Å². The maximum absolute atomic E-state index is 12.1. The monoisotopic (exact) mass is 262 g/mol. The van der Waals surface area contributed by atoms with E-state index in [1.165, 1.54) is 0 Å². The molecule has 0 aromatic heterocycles. The van der Waals surface area contributed by atoms with Gasteiger partial charge in [0.2, 0.25) is 5.91 Å². The summed E-state index contributed by atoms with van der Waals surface area (Å²) in [6, 6.07) is 7.97. The van der Waals surface area contributed by atoms with Crippen LogP contribution in [0.25, 0.3) is 0 Å². The highest BCUT2D eigenvalue weighted by atomic mass is 16.5. The van der Waals surface area contributed by atoms with Crippen molar-refractivity contribution in [2.24, 2.45) is 0 Å². The van der Waals surface area contributed by atoms with Crippen molar-refractivity contribution in [1.82, 2.24) is 10.2 Å². The van der Waals surface area contributed by atoms with Crippen molar-refractivity contribution in [3.8, 4) is 5.75 Å². The SMILES string of the molecule is CCNC1CCN(Cc2cccc(OCC)c2)C1=O. The Morgan fingerprint density at radius 1 is 1.42 bits per heavy atom. The van der Waals surface area contributed by atoms with Crippen LogP contribution in [0.1, 0.15) is 25.8 Å². The molecule has 1 N–H and O–H groups in total. The zero-order valence-corrected chi connectivity index (χ0v) is 11.7. The molecule has 1 heterocycles. The van der Waals surface area contributed by atoms with Crippen LogP contribution < -0.4 is 10.1 Å². The Bertz CT molecular complexity index is 434. The van der Waals surface area contributed by atoms with Gasteiger partial charge in [0, 0.05) is 13.1 Å². The number of ether oxygens (including phenoxy) is 1. The van der Waals surface area contributed by atoms with E-state index < -0.39 is 0 Å². The van der Waals surface area contributed by atoms with E-state index in [9.17, 15) is 4.79 Å². The predicted molar refractivity (Wildman–Crippen MR) is 75.1 cm³/mol. The van der Waals surface area contributed by atoms with Crippen LogP contribution in [0.3, 0.4) is 0 Å². The lowest BCUT2D eigenvalue weighted by Crippen LogP contribution is -2.37. The van der Waals surface area contributed by atoms with Gasteiger partial charge >= 0.3 is 0 Å². The van der Waals surface area contributed by atoms with Crippen LogP contribution in [0, 0.1) is 0 Å². The molecule has 104 valence electrons. The summed E-state index contributed by atoms with van der Waals surface area (Å²) in [6.07, 6.45) is 0.901. The van der Waals surface area contributed by atoms with Crippen LogP contribution in [0.5, 0.6) is 5.75 Å². The zero-order valence-electron chi connectivity index (χ0n) is 11.7. The van der Waals surface area contributed by atoms with Crippen molar-refractivity contribution in [1.29, 1.82) is 0 Å². The van der Waals surface area contributed by atoms with Gasteiger partial charge < -0.3 is 15.0 Å². The van der Waals surface area contributed by atoms with Crippen molar-refractivity contribution in [3.05, 3.63) is 29.8 Å². The molecule has 0 bridgehead atoms. The van der Waals surface area contributed by atoms with Crippen molar-refractivity contribution < 1.29 is 9.53 Å². The van der Waals surface area contributed by atoms with Crippen molar-refractivity contribution >= 4 is 5.91 Å². The Kier molecular flexibility index (Phi) is 4.80. The second-order valence-electron chi connectivity index (χ2n) is 4.74. The smallest absolute Gasteiger partial charge is 0.240 e. The van der Waals surface area contributed by atoms with E-state index >= 15 is 0 Å². The van der Waals surface area contributed by atoms with Crippen LogP contribution in [-0.2, 0) is 11.3 Å². The van der Waals surface area contributed by atoms with Gasteiger partial charge in [0.05, 0.1) is 12.6 Å². The second kappa shape index (κ2) is 6.57. The summed E-state index contributed by atoms with van der Waals surface area (Å²) in [5.74, 6) is 1.08. The number of nitrogens with one attached hydrogen (secondary N) is 1. The highest BCUT2D eigenvalue weighted by molar-refractivity contribution is 5.83. The van der Waals surface area contributed by atoms with Gasteiger partial charge in [-0.25, -0.2) is 0 Å². The summed E-state index contributed by atoms with van der Waals surface area (Å²) in [4.78, 5) is 14.1. The molecule has 1 aromatic rings. The fourth-order valence-electron chi connectivity index (χ4n) is 2.45. The minimum Gasteiger partial charge on any atom is -0.494 e. The summed E-state index contributed by atoms with van der Waals surface area (Å²) in [5.41, 5.74) is 1.12. The first-order valence-corrected chi connectivity index (χ1v) is 6.98. The molecule has 4 heteroatoms. The number of carbonyl (C=O) groups excluding carboxylic acids is 1. The van der Waals surface area contributed by atoms with Gasteiger partial charge in [-0.2, -0.15) is 0 Å². The molecular weight excluding hydrogens is 240 g/mol. The molecule has 0 saturated carbocycles. The standard InChI is InChI=1S/C15H22N2O2/c1-3-16-14-8-9-17(15(14)18)11-12-6-5-7-13(10-12)19-4-2/h5-7,10,14,16H,3-4,8-9,11H2,1-2H3. The minimum atomic E-state index is 0.0000689. The van der Waals surface area contributed by atoms with Crippen molar-refractivity contribution in [2.75, 3.05) is 19.7 Å². The van der Waals surface area contributed by atoms with Crippen molar-refractivity contribution in [3.63, 3.8) is 0 Å². The average Bonchev–Trinajstić information content (AvgIpc) is 2.73. The number of carbonyl (C=O) groups is 1. The van der Waals surface area contributed by atoms with Gasteiger partial charge in [-0.1, -0.05) is 19.1 Å². The summed E-state index contributed by atoms with van der Waals surface area (Å²) in [7, 11) is 0. The zero-order chi connectivity index (χ0) is 13.7.